The van der Waals surface area contributed by atoms with Crippen LogP contribution in [-0.2, 0) is 6.42 Å². The van der Waals surface area contributed by atoms with E-state index in [-0.39, 0.29) is 5.02 Å². The summed E-state index contributed by atoms with van der Waals surface area (Å²) in [5.41, 5.74) is 1.46. The first kappa shape index (κ1) is 11.6. The highest BCUT2D eigenvalue weighted by Crippen LogP contribution is 2.28. The van der Waals surface area contributed by atoms with Crippen molar-refractivity contribution < 1.29 is 9.50 Å². The molecule has 0 saturated heterocycles. The maximum absolute atomic E-state index is 13.2. The van der Waals surface area contributed by atoms with Gasteiger partial charge < -0.3 is 5.11 Å². The Bertz CT molecular complexity index is 470. The normalized spacial score (nSPS) is 12.7. The molecule has 2 rings (SSSR count). The molecule has 0 fully saturated rings. The molecule has 1 heterocycles. The number of halogens is 2. The molecule has 0 aliphatic carbocycles. The number of thiophene rings is 1. The van der Waals surface area contributed by atoms with Gasteiger partial charge in [-0.1, -0.05) is 23.7 Å². The van der Waals surface area contributed by atoms with E-state index in [0.29, 0.717) is 12.0 Å². The summed E-state index contributed by atoms with van der Waals surface area (Å²) in [6, 6.07) is 6.40. The van der Waals surface area contributed by atoms with Crippen molar-refractivity contribution >= 4 is 22.9 Å². The van der Waals surface area contributed by atoms with E-state index < -0.39 is 11.9 Å². The van der Waals surface area contributed by atoms with Crippen LogP contribution in [0, 0.1) is 5.82 Å². The van der Waals surface area contributed by atoms with Crippen LogP contribution in [0.5, 0.6) is 0 Å². The average molecular weight is 257 g/mol. The largest absolute Gasteiger partial charge is 0.388 e. The minimum absolute atomic E-state index is 0.00484. The van der Waals surface area contributed by atoms with Crippen molar-refractivity contribution in [1.82, 2.24) is 0 Å². The van der Waals surface area contributed by atoms with E-state index in [1.54, 1.807) is 23.5 Å². The van der Waals surface area contributed by atoms with Crippen molar-refractivity contribution in [2.24, 2.45) is 0 Å². The number of benzene rings is 1. The Morgan fingerprint density at radius 3 is 2.88 bits per heavy atom. The van der Waals surface area contributed by atoms with Gasteiger partial charge in [0.15, 0.2) is 0 Å². The van der Waals surface area contributed by atoms with E-state index in [4.69, 9.17) is 11.6 Å². The van der Waals surface area contributed by atoms with E-state index in [9.17, 15) is 9.50 Å². The van der Waals surface area contributed by atoms with Gasteiger partial charge in [0.25, 0.3) is 0 Å². The molecule has 0 bridgehead atoms. The highest BCUT2D eigenvalue weighted by Gasteiger charge is 2.14. The monoisotopic (exact) mass is 256 g/mol. The van der Waals surface area contributed by atoms with Gasteiger partial charge in [-0.2, -0.15) is 11.3 Å². The maximum Gasteiger partial charge on any atom is 0.142 e. The van der Waals surface area contributed by atoms with Gasteiger partial charge in [0.05, 0.1) is 11.1 Å². The summed E-state index contributed by atoms with van der Waals surface area (Å²) >= 11 is 7.36. The lowest BCUT2D eigenvalue weighted by molar-refractivity contribution is 0.178. The smallest absolute Gasteiger partial charge is 0.142 e. The predicted molar refractivity (Wildman–Crippen MR) is 64.4 cm³/mol. The first-order valence-electron chi connectivity index (χ1n) is 4.81. The topological polar surface area (TPSA) is 20.2 Å². The van der Waals surface area contributed by atoms with Crippen molar-refractivity contribution in [2.45, 2.75) is 12.5 Å². The van der Waals surface area contributed by atoms with Crippen LogP contribution in [0.1, 0.15) is 17.2 Å². The van der Waals surface area contributed by atoms with Gasteiger partial charge in [-0.25, -0.2) is 4.39 Å². The molecule has 0 aliphatic rings. The van der Waals surface area contributed by atoms with E-state index in [1.165, 1.54) is 6.07 Å². The molecule has 2 aromatic rings. The molecule has 16 heavy (non-hydrogen) atoms. The summed E-state index contributed by atoms with van der Waals surface area (Å²) in [7, 11) is 0. The molecule has 1 N–H and O–H groups in total. The summed E-state index contributed by atoms with van der Waals surface area (Å²) in [6.07, 6.45) is -0.315. The fourth-order valence-corrected chi connectivity index (χ4v) is 2.45. The Kier molecular flexibility index (Phi) is 3.59. The quantitative estimate of drug-likeness (QED) is 0.885. The van der Waals surface area contributed by atoms with Crippen LogP contribution in [0.2, 0.25) is 5.02 Å². The minimum Gasteiger partial charge on any atom is -0.388 e. The minimum atomic E-state index is -0.766. The fraction of sp³-hybridized carbons (Fsp3) is 0.167. The Morgan fingerprint density at radius 2 is 2.19 bits per heavy atom. The van der Waals surface area contributed by atoms with Crippen LogP contribution in [0.3, 0.4) is 0 Å². The number of hydrogen-bond donors (Lipinski definition) is 1. The van der Waals surface area contributed by atoms with Crippen molar-refractivity contribution in [3.63, 3.8) is 0 Å². The van der Waals surface area contributed by atoms with Crippen molar-refractivity contribution in [3.8, 4) is 0 Å². The molecule has 0 radical (unpaired) electrons. The first-order valence-corrected chi connectivity index (χ1v) is 6.13. The van der Waals surface area contributed by atoms with Crippen LogP contribution in [0.4, 0.5) is 4.39 Å². The van der Waals surface area contributed by atoms with E-state index in [2.05, 4.69) is 0 Å². The zero-order chi connectivity index (χ0) is 11.5. The molecule has 1 nitrogen and oxygen atoms in total. The third-order valence-electron chi connectivity index (χ3n) is 2.35. The van der Waals surface area contributed by atoms with E-state index in [1.807, 2.05) is 16.8 Å². The SMILES string of the molecule is OC(Cc1ccsc1)c1cccc(F)c1Cl. The second-order valence-corrected chi connectivity index (χ2v) is 4.65. The van der Waals surface area contributed by atoms with Gasteiger partial charge in [-0.05, 0) is 28.5 Å². The second-order valence-electron chi connectivity index (χ2n) is 3.49. The van der Waals surface area contributed by atoms with E-state index in [0.717, 1.165) is 5.56 Å². The van der Waals surface area contributed by atoms with Crippen LogP contribution in [0.15, 0.2) is 35.0 Å². The number of rotatable bonds is 3. The van der Waals surface area contributed by atoms with Gasteiger partial charge in [-0.3, -0.25) is 0 Å². The molecule has 0 saturated carbocycles. The Morgan fingerprint density at radius 1 is 1.38 bits per heavy atom. The van der Waals surface area contributed by atoms with Crippen molar-refractivity contribution in [2.75, 3.05) is 0 Å². The summed E-state index contributed by atoms with van der Waals surface area (Å²) in [4.78, 5) is 0. The van der Waals surface area contributed by atoms with Gasteiger partial charge in [-0.15, -0.1) is 0 Å². The molecule has 1 aromatic heterocycles. The predicted octanol–water partition coefficient (Wildman–Crippen LogP) is 3.82. The van der Waals surface area contributed by atoms with E-state index >= 15 is 0 Å². The Hall–Kier alpha value is -0.900. The Labute approximate surface area is 102 Å². The Balaban J connectivity index is 2.21. The lowest BCUT2D eigenvalue weighted by atomic mass is 10.0. The van der Waals surface area contributed by atoms with Crippen LogP contribution >= 0.6 is 22.9 Å². The highest BCUT2D eigenvalue weighted by molar-refractivity contribution is 7.07. The zero-order valence-corrected chi connectivity index (χ0v) is 9.93. The third kappa shape index (κ3) is 2.43. The van der Waals surface area contributed by atoms with Crippen LogP contribution in [0.25, 0.3) is 0 Å². The number of hydrogen-bond acceptors (Lipinski definition) is 2. The summed E-state index contributed by atoms with van der Waals surface area (Å²) in [5.74, 6) is -0.497. The van der Waals surface area contributed by atoms with Gasteiger partial charge in [0.1, 0.15) is 5.82 Å². The number of aliphatic hydroxyl groups excluding tert-OH is 1. The zero-order valence-electron chi connectivity index (χ0n) is 8.36. The summed E-state index contributed by atoms with van der Waals surface area (Å²) < 4.78 is 13.2. The summed E-state index contributed by atoms with van der Waals surface area (Å²) in [5, 5.41) is 13.9. The molecule has 4 heteroatoms. The maximum atomic E-state index is 13.2. The molecule has 84 valence electrons. The van der Waals surface area contributed by atoms with Crippen molar-refractivity contribution in [3.05, 3.63) is 57.0 Å². The molecule has 1 atom stereocenters. The fourth-order valence-electron chi connectivity index (χ4n) is 1.52. The van der Waals surface area contributed by atoms with Gasteiger partial charge in [0, 0.05) is 12.0 Å². The second kappa shape index (κ2) is 4.95. The average Bonchev–Trinajstić information content (AvgIpc) is 2.74. The third-order valence-corrected chi connectivity index (χ3v) is 3.48. The molecule has 1 aromatic carbocycles. The first-order chi connectivity index (χ1) is 7.68. The molecular formula is C12H10ClFOS. The van der Waals surface area contributed by atoms with Gasteiger partial charge >= 0.3 is 0 Å². The van der Waals surface area contributed by atoms with Crippen molar-refractivity contribution in [1.29, 1.82) is 0 Å². The lowest BCUT2D eigenvalue weighted by Gasteiger charge is -2.12. The highest BCUT2D eigenvalue weighted by atomic mass is 35.5. The van der Waals surface area contributed by atoms with Crippen LogP contribution < -0.4 is 0 Å². The molecular weight excluding hydrogens is 247 g/mol. The molecule has 0 spiro atoms. The molecule has 1 unspecified atom stereocenters. The molecule has 0 aliphatic heterocycles. The lowest BCUT2D eigenvalue weighted by Crippen LogP contribution is -2.02. The number of aliphatic hydroxyl groups is 1. The summed E-state index contributed by atoms with van der Waals surface area (Å²) in [6.45, 7) is 0. The van der Waals surface area contributed by atoms with Crippen LogP contribution in [-0.4, -0.2) is 5.11 Å². The van der Waals surface area contributed by atoms with Gasteiger partial charge in [0.2, 0.25) is 0 Å². The molecule has 0 amide bonds. The standard InChI is InChI=1S/C12H10ClFOS/c13-12-9(2-1-3-10(12)14)11(15)6-8-4-5-16-7-8/h1-5,7,11,15H,6H2.